The van der Waals surface area contributed by atoms with Gasteiger partial charge in [0, 0.05) is 12.0 Å². The van der Waals surface area contributed by atoms with E-state index < -0.39 is 0 Å². The molecule has 0 aliphatic carbocycles. The summed E-state index contributed by atoms with van der Waals surface area (Å²) < 4.78 is 10.6. The molecule has 0 atom stereocenters. The lowest BCUT2D eigenvalue weighted by Crippen LogP contribution is -1.92. The Kier molecular flexibility index (Phi) is 2.10. The standard InChI is InChI=1S/C10H12O3/c1-12-9-4-7(6-11)5-10-8(9)2-3-13-10/h4-5,11H,2-3,6H2,1H3. The average Bonchev–Trinajstić information content (AvgIpc) is 2.63. The molecule has 70 valence electrons. The average molecular weight is 180 g/mol. The van der Waals surface area contributed by atoms with Crippen LogP contribution < -0.4 is 9.47 Å². The molecule has 0 fully saturated rings. The maximum atomic E-state index is 8.98. The molecule has 0 radical (unpaired) electrons. The number of hydrogen-bond donors (Lipinski definition) is 1. The van der Waals surface area contributed by atoms with E-state index in [-0.39, 0.29) is 6.61 Å². The number of benzene rings is 1. The van der Waals surface area contributed by atoms with Crippen molar-refractivity contribution in [2.45, 2.75) is 13.0 Å². The molecule has 1 aliphatic heterocycles. The van der Waals surface area contributed by atoms with Crippen LogP contribution in [0, 0.1) is 0 Å². The number of rotatable bonds is 2. The fraction of sp³-hybridized carbons (Fsp3) is 0.400. The first-order valence-electron chi connectivity index (χ1n) is 4.28. The van der Waals surface area contributed by atoms with Crippen molar-refractivity contribution in [2.24, 2.45) is 0 Å². The lowest BCUT2D eigenvalue weighted by Gasteiger charge is -2.07. The van der Waals surface area contributed by atoms with Crippen molar-refractivity contribution in [1.82, 2.24) is 0 Å². The molecular formula is C10H12O3. The minimum Gasteiger partial charge on any atom is -0.496 e. The van der Waals surface area contributed by atoms with E-state index >= 15 is 0 Å². The summed E-state index contributed by atoms with van der Waals surface area (Å²) in [6.07, 6.45) is 0.893. The van der Waals surface area contributed by atoms with Crippen LogP contribution >= 0.6 is 0 Å². The molecule has 0 saturated carbocycles. The van der Waals surface area contributed by atoms with Crippen molar-refractivity contribution in [3.8, 4) is 11.5 Å². The second-order valence-corrected chi connectivity index (χ2v) is 3.03. The van der Waals surface area contributed by atoms with Gasteiger partial charge < -0.3 is 14.6 Å². The third kappa shape index (κ3) is 1.35. The number of aliphatic hydroxyl groups is 1. The summed E-state index contributed by atoms with van der Waals surface area (Å²) in [7, 11) is 1.63. The number of ether oxygens (including phenoxy) is 2. The largest absolute Gasteiger partial charge is 0.496 e. The van der Waals surface area contributed by atoms with Crippen LogP contribution in [-0.4, -0.2) is 18.8 Å². The van der Waals surface area contributed by atoms with Crippen molar-refractivity contribution >= 4 is 0 Å². The first kappa shape index (κ1) is 8.38. The van der Waals surface area contributed by atoms with Gasteiger partial charge in [-0.1, -0.05) is 0 Å². The van der Waals surface area contributed by atoms with Gasteiger partial charge in [0.15, 0.2) is 0 Å². The molecule has 1 aromatic carbocycles. The van der Waals surface area contributed by atoms with Crippen LogP contribution in [0.2, 0.25) is 0 Å². The van der Waals surface area contributed by atoms with Gasteiger partial charge in [0.1, 0.15) is 11.5 Å². The Bertz CT molecular complexity index is 320. The van der Waals surface area contributed by atoms with Crippen LogP contribution in [0.15, 0.2) is 12.1 Å². The minimum absolute atomic E-state index is 0.0208. The molecule has 0 saturated heterocycles. The van der Waals surface area contributed by atoms with Crippen molar-refractivity contribution in [1.29, 1.82) is 0 Å². The van der Waals surface area contributed by atoms with E-state index in [1.54, 1.807) is 7.11 Å². The van der Waals surface area contributed by atoms with Crippen LogP contribution in [0.25, 0.3) is 0 Å². The van der Waals surface area contributed by atoms with Crippen LogP contribution in [0.4, 0.5) is 0 Å². The molecule has 13 heavy (non-hydrogen) atoms. The van der Waals surface area contributed by atoms with Crippen LogP contribution in [0.3, 0.4) is 0 Å². The quantitative estimate of drug-likeness (QED) is 0.741. The van der Waals surface area contributed by atoms with Crippen LogP contribution in [-0.2, 0) is 13.0 Å². The van der Waals surface area contributed by atoms with Gasteiger partial charge in [0.05, 0.1) is 20.3 Å². The van der Waals surface area contributed by atoms with E-state index in [0.717, 1.165) is 29.0 Å². The summed E-state index contributed by atoms with van der Waals surface area (Å²) in [6.45, 7) is 0.730. The highest BCUT2D eigenvalue weighted by molar-refractivity contribution is 5.49. The highest BCUT2D eigenvalue weighted by Gasteiger charge is 2.17. The Morgan fingerprint density at radius 2 is 2.38 bits per heavy atom. The zero-order chi connectivity index (χ0) is 9.26. The van der Waals surface area contributed by atoms with Gasteiger partial charge in [0.2, 0.25) is 0 Å². The zero-order valence-electron chi connectivity index (χ0n) is 7.54. The Hall–Kier alpha value is -1.22. The van der Waals surface area contributed by atoms with E-state index in [1.165, 1.54) is 0 Å². The van der Waals surface area contributed by atoms with E-state index in [4.69, 9.17) is 14.6 Å². The predicted octanol–water partition coefficient (Wildman–Crippen LogP) is 1.12. The molecule has 3 nitrogen and oxygen atoms in total. The summed E-state index contributed by atoms with van der Waals surface area (Å²) in [5, 5.41) is 8.98. The maximum Gasteiger partial charge on any atom is 0.126 e. The third-order valence-electron chi connectivity index (χ3n) is 2.24. The summed E-state index contributed by atoms with van der Waals surface area (Å²) in [4.78, 5) is 0. The summed E-state index contributed by atoms with van der Waals surface area (Å²) in [5.74, 6) is 1.67. The Balaban J connectivity index is 2.49. The van der Waals surface area contributed by atoms with Crippen LogP contribution in [0.1, 0.15) is 11.1 Å². The number of hydrogen-bond acceptors (Lipinski definition) is 3. The van der Waals surface area contributed by atoms with Gasteiger partial charge in [-0.05, 0) is 17.7 Å². The molecule has 1 aliphatic rings. The normalized spacial score (nSPS) is 13.7. The van der Waals surface area contributed by atoms with E-state index in [0.29, 0.717) is 6.61 Å². The van der Waals surface area contributed by atoms with Gasteiger partial charge in [0.25, 0.3) is 0 Å². The Labute approximate surface area is 76.9 Å². The monoisotopic (exact) mass is 180 g/mol. The second kappa shape index (κ2) is 3.26. The summed E-state index contributed by atoms with van der Waals surface area (Å²) >= 11 is 0. The number of methoxy groups -OCH3 is 1. The zero-order valence-corrected chi connectivity index (χ0v) is 7.54. The molecule has 1 aromatic rings. The summed E-state index contributed by atoms with van der Waals surface area (Å²) in [6, 6.07) is 3.72. The first-order valence-corrected chi connectivity index (χ1v) is 4.28. The van der Waals surface area contributed by atoms with Crippen molar-refractivity contribution < 1.29 is 14.6 Å². The van der Waals surface area contributed by atoms with Gasteiger partial charge in [-0.2, -0.15) is 0 Å². The van der Waals surface area contributed by atoms with E-state index in [2.05, 4.69) is 0 Å². The number of aliphatic hydroxyl groups excluding tert-OH is 1. The van der Waals surface area contributed by atoms with Gasteiger partial charge in [-0.3, -0.25) is 0 Å². The third-order valence-corrected chi connectivity index (χ3v) is 2.24. The molecular weight excluding hydrogens is 168 g/mol. The molecule has 3 heteroatoms. The summed E-state index contributed by atoms with van der Waals surface area (Å²) in [5.41, 5.74) is 1.94. The Morgan fingerprint density at radius 3 is 3.08 bits per heavy atom. The van der Waals surface area contributed by atoms with E-state index in [9.17, 15) is 0 Å². The number of fused-ring (bicyclic) bond motifs is 1. The molecule has 0 bridgehead atoms. The lowest BCUT2D eigenvalue weighted by atomic mass is 10.1. The van der Waals surface area contributed by atoms with Crippen LogP contribution in [0.5, 0.6) is 11.5 Å². The molecule has 1 N–H and O–H groups in total. The molecule has 0 amide bonds. The first-order chi connectivity index (χ1) is 6.35. The van der Waals surface area contributed by atoms with Gasteiger partial charge in [-0.25, -0.2) is 0 Å². The van der Waals surface area contributed by atoms with Crippen molar-refractivity contribution in [2.75, 3.05) is 13.7 Å². The topological polar surface area (TPSA) is 38.7 Å². The fourth-order valence-electron chi connectivity index (χ4n) is 1.59. The molecule has 2 rings (SSSR count). The van der Waals surface area contributed by atoms with Crippen molar-refractivity contribution in [3.05, 3.63) is 23.3 Å². The Morgan fingerprint density at radius 1 is 1.54 bits per heavy atom. The predicted molar refractivity (Wildman–Crippen MR) is 48.1 cm³/mol. The van der Waals surface area contributed by atoms with E-state index in [1.807, 2.05) is 12.1 Å². The smallest absolute Gasteiger partial charge is 0.126 e. The highest BCUT2D eigenvalue weighted by atomic mass is 16.5. The van der Waals surface area contributed by atoms with Crippen molar-refractivity contribution in [3.63, 3.8) is 0 Å². The van der Waals surface area contributed by atoms with Gasteiger partial charge >= 0.3 is 0 Å². The highest BCUT2D eigenvalue weighted by Crippen LogP contribution is 2.34. The van der Waals surface area contributed by atoms with Gasteiger partial charge in [-0.15, -0.1) is 0 Å². The molecule has 0 unspecified atom stereocenters. The minimum atomic E-state index is 0.0208. The fourth-order valence-corrected chi connectivity index (χ4v) is 1.59. The maximum absolute atomic E-state index is 8.98. The SMILES string of the molecule is COc1cc(CO)cc2c1CCO2. The lowest BCUT2D eigenvalue weighted by molar-refractivity contribution is 0.280. The second-order valence-electron chi connectivity index (χ2n) is 3.03. The molecule has 0 spiro atoms. The molecule has 1 heterocycles. The molecule has 0 aromatic heterocycles.